The van der Waals surface area contributed by atoms with Crippen LogP contribution >= 0.6 is 0 Å². The van der Waals surface area contributed by atoms with Crippen LogP contribution in [0.4, 0.5) is 4.39 Å². The van der Waals surface area contributed by atoms with Gasteiger partial charge in [-0.2, -0.15) is 0 Å². The molecule has 0 saturated carbocycles. The van der Waals surface area contributed by atoms with E-state index in [0.29, 0.717) is 24.0 Å². The highest BCUT2D eigenvalue weighted by molar-refractivity contribution is 5.75. The van der Waals surface area contributed by atoms with Crippen LogP contribution in [-0.2, 0) is 4.74 Å². The number of nitrogens with two attached hydrogens (primary N) is 1. The number of ether oxygens (including phenoxy) is 1. The Labute approximate surface area is 107 Å². The first-order valence-corrected chi connectivity index (χ1v) is 6.31. The number of nitrogens with one attached hydrogen (secondary N) is 2. The maximum absolute atomic E-state index is 14.1. The number of hydrogen-bond donors (Lipinski definition) is 3. The minimum atomic E-state index is -0.909. The lowest BCUT2D eigenvalue weighted by molar-refractivity contribution is -0.0814. The zero-order valence-electron chi connectivity index (χ0n) is 10.7. The van der Waals surface area contributed by atoms with Crippen molar-refractivity contribution in [3.63, 3.8) is 0 Å². The van der Waals surface area contributed by atoms with Crippen LogP contribution in [0.1, 0.15) is 13.3 Å². The Balaban J connectivity index is 1.87. The quantitative estimate of drug-likeness (QED) is 0.629. The lowest BCUT2D eigenvalue weighted by Crippen LogP contribution is -2.58. The largest absolute Gasteiger partial charge is 0.396 e. The average molecular weight is 256 g/mol. The topological polar surface area (TPSA) is 74.4 Å². The monoisotopic (exact) mass is 256 g/mol. The number of nitrogens with zero attached hydrogens (tertiary/aromatic N) is 1. The molecule has 0 aromatic carbocycles. The van der Waals surface area contributed by atoms with E-state index >= 15 is 0 Å². The summed E-state index contributed by atoms with van der Waals surface area (Å²) in [6.07, 6.45) is 0.921. The van der Waals surface area contributed by atoms with E-state index in [2.05, 4.69) is 10.2 Å². The molecule has 18 heavy (non-hydrogen) atoms. The first kappa shape index (κ1) is 13.3. The van der Waals surface area contributed by atoms with E-state index in [0.717, 1.165) is 32.4 Å². The average Bonchev–Trinajstić information content (AvgIpc) is 2.29. The highest BCUT2D eigenvalue weighted by Crippen LogP contribution is 2.20. The number of allylic oxidation sites excluding steroid dienone is 2. The first-order valence-electron chi connectivity index (χ1n) is 6.31. The molecule has 0 bridgehead atoms. The summed E-state index contributed by atoms with van der Waals surface area (Å²) in [6.45, 7) is 4.56. The second-order valence-corrected chi connectivity index (χ2v) is 4.97. The van der Waals surface area contributed by atoms with Gasteiger partial charge in [0, 0.05) is 25.0 Å². The molecule has 0 spiro atoms. The highest BCUT2D eigenvalue weighted by atomic mass is 19.1. The standard InChI is InChI=1S/C12H21FN4O/c1-8(11(15)4-14)16-12-2-3-17(5-10(12)13)9-6-18-7-9/h4,9-10,12,14,16H,2-3,5-7,15H2,1H3/b11-8+,14-4?. The molecular formula is C12H21FN4O. The molecule has 2 fully saturated rings. The molecule has 4 N–H and O–H groups in total. The zero-order chi connectivity index (χ0) is 13.1. The van der Waals surface area contributed by atoms with Gasteiger partial charge in [0.25, 0.3) is 0 Å². The van der Waals surface area contributed by atoms with Crippen molar-refractivity contribution in [3.05, 3.63) is 11.4 Å². The van der Waals surface area contributed by atoms with Crippen molar-refractivity contribution in [2.75, 3.05) is 26.3 Å². The molecule has 0 radical (unpaired) electrons. The summed E-state index contributed by atoms with van der Waals surface area (Å²) in [5.74, 6) is 0. The van der Waals surface area contributed by atoms with E-state index in [1.165, 1.54) is 0 Å². The van der Waals surface area contributed by atoms with Crippen LogP contribution in [0.25, 0.3) is 0 Å². The van der Waals surface area contributed by atoms with Crippen molar-refractivity contribution in [2.45, 2.75) is 31.6 Å². The minimum Gasteiger partial charge on any atom is -0.396 e. The summed E-state index contributed by atoms with van der Waals surface area (Å²) in [7, 11) is 0. The van der Waals surface area contributed by atoms with Crippen LogP contribution in [0.5, 0.6) is 0 Å². The van der Waals surface area contributed by atoms with Crippen molar-refractivity contribution in [1.29, 1.82) is 5.41 Å². The summed E-state index contributed by atoms with van der Waals surface area (Å²) < 4.78 is 19.2. The summed E-state index contributed by atoms with van der Waals surface area (Å²) in [6, 6.07) is 0.188. The van der Waals surface area contributed by atoms with Crippen LogP contribution in [0.15, 0.2) is 11.4 Å². The van der Waals surface area contributed by atoms with Crippen molar-refractivity contribution in [2.24, 2.45) is 5.73 Å². The second-order valence-electron chi connectivity index (χ2n) is 4.97. The van der Waals surface area contributed by atoms with E-state index in [1.54, 1.807) is 6.92 Å². The van der Waals surface area contributed by atoms with E-state index < -0.39 is 6.17 Å². The third-order valence-corrected chi connectivity index (χ3v) is 3.70. The number of hydrogen-bond acceptors (Lipinski definition) is 5. The van der Waals surface area contributed by atoms with Gasteiger partial charge in [-0.3, -0.25) is 4.90 Å². The van der Waals surface area contributed by atoms with Gasteiger partial charge in [-0.05, 0) is 13.3 Å². The Bertz CT molecular complexity index is 343. The fraction of sp³-hybridized carbons (Fsp3) is 0.750. The molecular weight excluding hydrogens is 235 g/mol. The third-order valence-electron chi connectivity index (χ3n) is 3.70. The Morgan fingerprint density at radius 2 is 2.28 bits per heavy atom. The molecule has 2 heterocycles. The van der Waals surface area contributed by atoms with Gasteiger partial charge in [-0.1, -0.05) is 0 Å². The van der Waals surface area contributed by atoms with E-state index in [9.17, 15) is 4.39 Å². The number of rotatable bonds is 4. The SMILES string of the molecule is C/C(NC1CCN(C2COC2)CC1F)=C(\N)C=N. The van der Waals surface area contributed by atoms with Crippen molar-refractivity contribution >= 4 is 6.21 Å². The van der Waals surface area contributed by atoms with Gasteiger partial charge in [0.05, 0.1) is 31.0 Å². The van der Waals surface area contributed by atoms with Gasteiger partial charge in [0.2, 0.25) is 0 Å². The van der Waals surface area contributed by atoms with E-state index in [-0.39, 0.29) is 6.04 Å². The third kappa shape index (κ3) is 2.81. The molecule has 0 aromatic rings. The predicted octanol–water partition coefficient (Wildman–Crippen LogP) is 0.227. The van der Waals surface area contributed by atoms with Crippen LogP contribution in [0.3, 0.4) is 0 Å². The Hall–Kier alpha value is -1.14. The summed E-state index contributed by atoms with van der Waals surface area (Å²) >= 11 is 0. The molecule has 2 atom stereocenters. The van der Waals surface area contributed by atoms with Gasteiger partial charge >= 0.3 is 0 Å². The molecule has 0 aromatic heterocycles. The zero-order valence-corrected chi connectivity index (χ0v) is 10.7. The molecule has 5 nitrogen and oxygen atoms in total. The second kappa shape index (κ2) is 5.67. The summed E-state index contributed by atoms with van der Waals surface area (Å²) in [5.41, 5.74) is 6.65. The number of halogens is 1. The molecule has 2 rings (SSSR count). The Kier molecular flexibility index (Phi) is 4.19. The van der Waals surface area contributed by atoms with Crippen LogP contribution < -0.4 is 11.1 Å². The van der Waals surface area contributed by atoms with E-state index in [4.69, 9.17) is 15.9 Å². The van der Waals surface area contributed by atoms with E-state index in [1.807, 2.05) is 0 Å². The molecule has 0 amide bonds. The maximum Gasteiger partial charge on any atom is 0.133 e. The smallest absolute Gasteiger partial charge is 0.133 e. The van der Waals surface area contributed by atoms with Gasteiger partial charge < -0.3 is 21.2 Å². The van der Waals surface area contributed by atoms with Crippen molar-refractivity contribution in [3.8, 4) is 0 Å². The molecule has 2 saturated heterocycles. The molecule has 0 aliphatic carbocycles. The van der Waals surface area contributed by atoms with Crippen LogP contribution in [0, 0.1) is 5.41 Å². The summed E-state index contributed by atoms with van der Waals surface area (Å²) in [5, 5.41) is 10.1. The highest BCUT2D eigenvalue weighted by Gasteiger charge is 2.35. The number of likely N-dealkylation sites (tertiary alicyclic amines) is 1. The van der Waals surface area contributed by atoms with Crippen LogP contribution in [-0.4, -0.2) is 55.7 Å². The Morgan fingerprint density at radius 1 is 1.56 bits per heavy atom. The predicted molar refractivity (Wildman–Crippen MR) is 68.3 cm³/mol. The fourth-order valence-corrected chi connectivity index (χ4v) is 2.33. The van der Waals surface area contributed by atoms with Crippen molar-refractivity contribution < 1.29 is 9.13 Å². The Morgan fingerprint density at radius 3 is 2.78 bits per heavy atom. The molecule has 102 valence electrons. The minimum absolute atomic E-state index is 0.208. The molecule has 2 aliphatic rings. The van der Waals surface area contributed by atoms with Crippen molar-refractivity contribution in [1.82, 2.24) is 10.2 Å². The first-order chi connectivity index (χ1) is 8.61. The van der Waals surface area contributed by atoms with Crippen LogP contribution in [0.2, 0.25) is 0 Å². The molecule has 6 heteroatoms. The normalized spacial score (nSPS) is 31.4. The number of alkyl halides is 1. The molecule has 2 aliphatic heterocycles. The van der Waals surface area contributed by atoms with Gasteiger partial charge in [-0.15, -0.1) is 0 Å². The lowest BCUT2D eigenvalue weighted by atomic mass is 10.00. The molecule has 2 unspecified atom stereocenters. The van der Waals surface area contributed by atoms with Gasteiger partial charge in [-0.25, -0.2) is 4.39 Å². The van der Waals surface area contributed by atoms with Gasteiger partial charge in [0.15, 0.2) is 0 Å². The van der Waals surface area contributed by atoms with Gasteiger partial charge in [0.1, 0.15) is 6.17 Å². The maximum atomic E-state index is 14.1. The fourth-order valence-electron chi connectivity index (χ4n) is 2.33. The number of piperidine rings is 1. The summed E-state index contributed by atoms with van der Waals surface area (Å²) in [4.78, 5) is 2.16. The lowest BCUT2D eigenvalue weighted by Gasteiger charge is -2.43.